The largest absolute Gasteiger partial charge is 0.360 e. The van der Waals surface area contributed by atoms with Crippen LogP contribution in [0, 0.1) is 6.92 Å². The number of aryl methyl sites for hydroxylation is 1. The van der Waals surface area contributed by atoms with Crippen molar-refractivity contribution in [1.29, 1.82) is 0 Å². The maximum atomic E-state index is 12.6. The van der Waals surface area contributed by atoms with Crippen LogP contribution in [0.25, 0.3) is 22.6 Å². The molecule has 4 rings (SSSR count). The number of aromatic nitrogens is 3. The molecule has 154 valence electrons. The Morgan fingerprint density at radius 3 is 2.23 bits per heavy atom. The van der Waals surface area contributed by atoms with Gasteiger partial charge in [0.2, 0.25) is 11.7 Å². The monoisotopic (exact) mass is 483 g/mol. The van der Waals surface area contributed by atoms with Crippen molar-refractivity contribution in [3.05, 3.63) is 69.2 Å². The Hall–Kier alpha value is -2.39. The molecule has 0 radical (unpaired) electrons. The topological polar surface area (TPSA) is 99.1 Å². The van der Waals surface area contributed by atoms with Crippen LogP contribution in [0.5, 0.6) is 0 Å². The number of nitrogens with zero attached hydrogens (tertiary/aromatic N) is 3. The molecule has 7 nitrogen and oxygen atoms in total. The smallest absolute Gasteiger partial charge is 0.242 e. The highest BCUT2D eigenvalue weighted by molar-refractivity contribution is 7.90. The number of benzene rings is 2. The van der Waals surface area contributed by atoms with Crippen LogP contribution in [0.1, 0.15) is 11.7 Å². The lowest BCUT2D eigenvalue weighted by Gasteiger charge is -2.04. The summed E-state index contributed by atoms with van der Waals surface area (Å²) in [5, 5.41) is 9.09. The highest BCUT2D eigenvalue weighted by Gasteiger charge is 2.26. The number of halogens is 3. The van der Waals surface area contributed by atoms with Gasteiger partial charge in [-0.25, -0.2) is 8.42 Å². The summed E-state index contributed by atoms with van der Waals surface area (Å²) in [4.78, 5) is 4.31. The average molecular weight is 485 g/mol. The lowest BCUT2D eigenvalue weighted by molar-refractivity contribution is 0.388. The van der Waals surface area contributed by atoms with E-state index in [2.05, 4.69) is 15.3 Å². The minimum absolute atomic E-state index is 0.0863. The zero-order valence-corrected chi connectivity index (χ0v) is 18.3. The highest BCUT2D eigenvalue weighted by atomic mass is 35.5. The predicted octanol–water partition coefficient (Wildman–Crippen LogP) is 5.63. The predicted molar refractivity (Wildman–Crippen MR) is 112 cm³/mol. The van der Waals surface area contributed by atoms with E-state index in [0.717, 1.165) is 0 Å². The number of hydrogen-bond acceptors (Lipinski definition) is 7. The second-order valence-electron chi connectivity index (χ2n) is 6.28. The van der Waals surface area contributed by atoms with Gasteiger partial charge in [-0.2, -0.15) is 4.98 Å². The molecule has 4 aromatic rings. The summed E-state index contributed by atoms with van der Waals surface area (Å²) in [5.74, 6) is -0.0552. The molecular formula is C19H12Cl3N3O4S. The van der Waals surface area contributed by atoms with Gasteiger partial charge in [0.25, 0.3) is 0 Å². The van der Waals surface area contributed by atoms with Crippen LogP contribution in [0.3, 0.4) is 0 Å². The molecule has 0 saturated carbocycles. The van der Waals surface area contributed by atoms with Crippen LogP contribution in [0.2, 0.25) is 15.1 Å². The van der Waals surface area contributed by atoms with E-state index in [1.165, 1.54) is 24.3 Å². The summed E-state index contributed by atoms with van der Waals surface area (Å²) in [6.45, 7) is 1.66. The maximum Gasteiger partial charge on any atom is 0.242 e. The molecule has 0 aliphatic carbocycles. The molecule has 0 saturated heterocycles. The molecule has 0 bridgehead atoms. The van der Waals surface area contributed by atoms with Gasteiger partial charge in [0, 0.05) is 10.6 Å². The molecule has 0 unspecified atom stereocenters. The van der Waals surface area contributed by atoms with Crippen molar-refractivity contribution in [2.24, 2.45) is 0 Å². The van der Waals surface area contributed by atoms with Gasteiger partial charge in [-0.05, 0) is 43.3 Å². The minimum Gasteiger partial charge on any atom is -0.360 e. The zero-order valence-electron chi connectivity index (χ0n) is 15.3. The third-order valence-electron chi connectivity index (χ3n) is 4.24. The van der Waals surface area contributed by atoms with E-state index in [0.29, 0.717) is 37.6 Å². The zero-order chi connectivity index (χ0) is 21.5. The molecule has 30 heavy (non-hydrogen) atoms. The Labute approximate surface area is 186 Å². The summed E-state index contributed by atoms with van der Waals surface area (Å²) in [6, 6.07) is 10.8. The molecule has 11 heteroatoms. The summed E-state index contributed by atoms with van der Waals surface area (Å²) in [6.07, 6.45) is 0. The highest BCUT2D eigenvalue weighted by Crippen LogP contribution is 2.40. The quantitative estimate of drug-likeness (QED) is 0.362. The summed E-state index contributed by atoms with van der Waals surface area (Å²) < 4.78 is 35.7. The first-order chi connectivity index (χ1) is 14.3. The van der Waals surface area contributed by atoms with Gasteiger partial charge in [0.15, 0.2) is 9.84 Å². The Morgan fingerprint density at radius 1 is 0.900 bits per heavy atom. The first-order valence-corrected chi connectivity index (χ1v) is 11.3. The second kappa shape index (κ2) is 8.03. The van der Waals surface area contributed by atoms with E-state index >= 15 is 0 Å². The first-order valence-electron chi connectivity index (χ1n) is 8.48. The number of hydrogen-bond donors (Lipinski definition) is 0. The van der Waals surface area contributed by atoms with Crippen LogP contribution >= 0.6 is 34.8 Å². The molecule has 0 atom stereocenters. The molecule has 0 spiro atoms. The molecule has 0 aliphatic rings. The van der Waals surface area contributed by atoms with Crippen LogP contribution in [-0.4, -0.2) is 23.7 Å². The summed E-state index contributed by atoms with van der Waals surface area (Å²) in [7, 11) is -3.71. The fourth-order valence-electron chi connectivity index (χ4n) is 2.83. The molecule has 2 aromatic carbocycles. The molecule has 2 aromatic heterocycles. The van der Waals surface area contributed by atoms with Crippen molar-refractivity contribution in [3.8, 4) is 22.6 Å². The normalized spacial score (nSPS) is 11.7. The Morgan fingerprint density at radius 2 is 1.57 bits per heavy atom. The van der Waals surface area contributed by atoms with E-state index in [1.54, 1.807) is 25.1 Å². The molecule has 0 aliphatic heterocycles. The van der Waals surface area contributed by atoms with Crippen LogP contribution in [-0.2, 0) is 15.6 Å². The standard InChI is InChI=1S/C19H12Cl3N3O4S/c1-10-16(18(24-28-10)17-13(21)3-2-4-14(17)22)19-23-15(29-25-19)9-30(26,27)12-7-5-11(20)6-8-12/h2-8H,9H2,1H3. The van der Waals surface area contributed by atoms with Crippen molar-refractivity contribution < 1.29 is 17.5 Å². The van der Waals surface area contributed by atoms with Gasteiger partial charge in [-0.15, -0.1) is 0 Å². The lowest BCUT2D eigenvalue weighted by Crippen LogP contribution is -2.05. The SMILES string of the molecule is Cc1onc(-c2c(Cl)cccc2Cl)c1-c1noc(CS(=O)(=O)c2ccc(Cl)cc2)n1. The minimum atomic E-state index is -3.71. The van der Waals surface area contributed by atoms with Crippen molar-refractivity contribution in [2.45, 2.75) is 17.6 Å². The van der Waals surface area contributed by atoms with Crippen LogP contribution < -0.4 is 0 Å². The van der Waals surface area contributed by atoms with Crippen LogP contribution in [0.4, 0.5) is 0 Å². The Bertz CT molecular complexity index is 1310. The fourth-order valence-corrected chi connectivity index (χ4v) is 4.70. The van der Waals surface area contributed by atoms with Crippen LogP contribution in [0.15, 0.2) is 56.4 Å². The van der Waals surface area contributed by atoms with Gasteiger partial charge < -0.3 is 9.05 Å². The average Bonchev–Trinajstić information content (AvgIpc) is 3.28. The summed E-state index contributed by atoms with van der Waals surface area (Å²) in [5.41, 5.74) is 1.19. The maximum absolute atomic E-state index is 12.6. The first kappa shape index (κ1) is 20.9. The number of rotatable bonds is 5. The molecule has 0 amide bonds. The molecule has 0 N–H and O–H groups in total. The van der Waals surface area contributed by atoms with Crippen molar-refractivity contribution in [3.63, 3.8) is 0 Å². The fraction of sp³-hybridized carbons (Fsp3) is 0.105. The van der Waals surface area contributed by atoms with Gasteiger partial charge in [-0.1, -0.05) is 51.2 Å². The van der Waals surface area contributed by atoms with E-state index in [1.807, 2.05) is 0 Å². The van der Waals surface area contributed by atoms with Gasteiger partial charge in [0.1, 0.15) is 17.2 Å². The molecular weight excluding hydrogens is 473 g/mol. The molecule has 0 fully saturated rings. The van der Waals surface area contributed by atoms with Crippen molar-refractivity contribution in [1.82, 2.24) is 15.3 Å². The van der Waals surface area contributed by atoms with Gasteiger partial charge in [0.05, 0.1) is 20.5 Å². The number of sulfone groups is 1. The second-order valence-corrected chi connectivity index (χ2v) is 9.52. The van der Waals surface area contributed by atoms with Crippen molar-refractivity contribution >= 4 is 44.6 Å². The summed E-state index contributed by atoms with van der Waals surface area (Å²) >= 11 is 18.4. The third kappa shape index (κ3) is 3.96. The van der Waals surface area contributed by atoms with Crippen molar-refractivity contribution in [2.75, 3.05) is 0 Å². The van der Waals surface area contributed by atoms with E-state index < -0.39 is 15.6 Å². The van der Waals surface area contributed by atoms with Gasteiger partial charge >= 0.3 is 0 Å². The Kier molecular flexibility index (Phi) is 5.59. The lowest BCUT2D eigenvalue weighted by atomic mass is 10.1. The molecule has 2 heterocycles. The van der Waals surface area contributed by atoms with E-state index in [4.69, 9.17) is 43.8 Å². The van der Waals surface area contributed by atoms with Gasteiger partial charge in [-0.3, -0.25) is 0 Å². The van der Waals surface area contributed by atoms with E-state index in [9.17, 15) is 8.42 Å². The third-order valence-corrected chi connectivity index (χ3v) is 6.74. The Balaban J connectivity index is 1.71. The van der Waals surface area contributed by atoms with E-state index in [-0.39, 0.29) is 16.6 Å².